The Bertz CT molecular complexity index is 660. The molecule has 5 nitrogen and oxygen atoms in total. The van der Waals surface area contributed by atoms with E-state index in [1.807, 2.05) is 26.0 Å². The van der Waals surface area contributed by atoms with E-state index in [0.29, 0.717) is 19.4 Å². The summed E-state index contributed by atoms with van der Waals surface area (Å²) in [5, 5.41) is 6.22. The molecule has 0 aromatic heterocycles. The lowest BCUT2D eigenvalue weighted by Gasteiger charge is -2.29. The SMILES string of the molecule is Cc1cc(Br)cc(C)c1CC(=O)NCC1CC2(CCNCC2)C(=O)O1. The highest BCUT2D eigenvalue weighted by Crippen LogP contribution is 2.41. The van der Waals surface area contributed by atoms with Gasteiger partial charge in [-0.3, -0.25) is 9.59 Å². The van der Waals surface area contributed by atoms with E-state index in [0.717, 1.165) is 47.1 Å². The molecule has 2 saturated heterocycles. The number of carbonyl (C=O) groups is 2. The van der Waals surface area contributed by atoms with Crippen LogP contribution >= 0.6 is 15.9 Å². The summed E-state index contributed by atoms with van der Waals surface area (Å²) in [6.45, 7) is 6.14. The van der Waals surface area contributed by atoms with E-state index in [-0.39, 0.29) is 23.4 Å². The van der Waals surface area contributed by atoms with Crippen LogP contribution in [0.1, 0.15) is 36.0 Å². The van der Waals surface area contributed by atoms with Gasteiger partial charge in [-0.1, -0.05) is 15.9 Å². The molecule has 1 amide bonds. The van der Waals surface area contributed by atoms with Crippen molar-refractivity contribution in [2.45, 2.75) is 45.6 Å². The van der Waals surface area contributed by atoms with Gasteiger partial charge in [-0.15, -0.1) is 0 Å². The molecule has 2 N–H and O–H groups in total. The Morgan fingerprint density at radius 2 is 1.96 bits per heavy atom. The summed E-state index contributed by atoms with van der Waals surface area (Å²) in [4.78, 5) is 24.6. The molecule has 1 aromatic carbocycles. The molecule has 0 bridgehead atoms. The number of piperidine rings is 1. The predicted molar refractivity (Wildman–Crippen MR) is 99.4 cm³/mol. The number of aryl methyl sites for hydroxylation is 2. The van der Waals surface area contributed by atoms with Gasteiger partial charge in [-0.25, -0.2) is 0 Å². The van der Waals surface area contributed by atoms with Crippen LogP contribution in [0.15, 0.2) is 16.6 Å². The zero-order valence-corrected chi connectivity index (χ0v) is 16.4. The molecular weight excluding hydrogens is 384 g/mol. The van der Waals surface area contributed by atoms with Gasteiger partial charge in [0.1, 0.15) is 6.10 Å². The molecule has 2 aliphatic rings. The highest BCUT2D eigenvalue weighted by molar-refractivity contribution is 9.10. The fourth-order valence-electron chi connectivity index (χ4n) is 3.93. The monoisotopic (exact) mass is 408 g/mol. The number of halogens is 1. The lowest BCUT2D eigenvalue weighted by Crippen LogP contribution is -2.40. The number of rotatable bonds is 4. The summed E-state index contributed by atoms with van der Waals surface area (Å²) >= 11 is 3.48. The van der Waals surface area contributed by atoms with Crippen LogP contribution in [-0.4, -0.2) is 37.6 Å². The van der Waals surface area contributed by atoms with E-state index >= 15 is 0 Å². The molecule has 2 fully saturated rings. The van der Waals surface area contributed by atoms with E-state index in [2.05, 4.69) is 26.6 Å². The van der Waals surface area contributed by atoms with E-state index in [4.69, 9.17) is 4.74 Å². The predicted octanol–water partition coefficient (Wildman–Crippen LogP) is 2.41. The Balaban J connectivity index is 1.54. The fraction of sp³-hybridized carbons (Fsp3) is 0.579. The van der Waals surface area contributed by atoms with Crippen LogP contribution < -0.4 is 10.6 Å². The van der Waals surface area contributed by atoms with Gasteiger partial charge in [-0.05, 0) is 68.6 Å². The Hall–Kier alpha value is -1.40. The number of carbonyl (C=O) groups excluding carboxylic acids is 2. The topological polar surface area (TPSA) is 67.4 Å². The molecule has 2 heterocycles. The Morgan fingerprint density at radius 3 is 2.60 bits per heavy atom. The Labute approximate surface area is 157 Å². The number of cyclic esters (lactones) is 1. The van der Waals surface area contributed by atoms with Crippen LogP contribution in [0.3, 0.4) is 0 Å². The minimum atomic E-state index is -0.334. The van der Waals surface area contributed by atoms with Gasteiger partial charge in [0.25, 0.3) is 0 Å². The number of nitrogens with one attached hydrogen (secondary N) is 2. The molecule has 0 saturated carbocycles. The molecule has 0 radical (unpaired) electrons. The smallest absolute Gasteiger partial charge is 0.312 e. The van der Waals surface area contributed by atoms with E-state index < -0.39 is 0 Å². The van der Waals surface area contributed by atoms with Crippen LogP contribution in [0.4, 0.5) is 0 Å². The number of amides is 1. The third kappa shape index (κ3) is 4.06. The second-order valence-corrected chi connectivity index (χ2v) is 8.18. The molecule has 1 aromatic rings. The maximum atomic E-state index is 12.3. The third-order valence-electron chi connectivity index (χ3n) is 5.41. The molecule has 3 rings (SSSR count). The maximum absolute atomic E-state index is 12.3. The quantitative estimate of drug-likeness (QED) is 0.750. The zero-order valence-electron chi connectivity index (χ0n) is 14.8. The molecule has 1 atom stereocenters. The first kappa shape index (κ1) is 18.4. The van der Waals surface area contributed by atoms with Gasteiger partial charge in [0.15, 0.2) is 0 Å². The molecular formula is C19H25BrN2O3. The average molecular weight is 409 g/mol. The molecule has 25 heavy (non-hydrogen) atoms. The van der Waals surface area contributed by atoms with Crippen LogP contribution in [0.25, 0.3) is 0 Å². The van der Waals surface area contributed by atoms with Gasteiger partial charge < -0.3 is 15.4 Å². The maximum Gasteiger partial charge on any atom is 0.312 e. The first-order valence-electron chi connectivity index (χ1n) is 8.84. The molecule has 136 valence electrons. The summed E-state index contributed by atoms with van der Waals surface area (Å²) in [6.07, 6.45) is 2.51. The van der Waals surface area contributed by atoms with E-state index in [1.165, 1.54) is 0 Å². The number of ether oxygens (including phenoxy) is 1. The van der Waals surface area contributed by atoms with E-state index in [1.54, 1.807) is 0 Å². The second kappa shape index (κ2) is 7.46. The molecule has 6 heteroatoms. The number of hydrogen-bond donors (Lipinski definition) is 2. The number of esters is 1. The van der Waals surface area contributed by atoms with Crippen molar-refractivity contribution >= 4 is 27.8 Å². The van der Waals surface area contributed by atoms with Crippen LogP contribution in [-0.2, 0) is 20.7 Å². The first-order chi connectivity index (χ1) is 11.9. The lowest BCUT2D eigenvalue weighted by molar-refractivity contribution is -0.150. The standard InChI is InChI=1S/C19H25BrN2O3/c1-12-7-14(20)8-13(2)16(12)9-17(23)22-11-15-10-19(18(24)25-15)3-5-21-6-4-19/h7-8,15,21H,3-6,9-11H2,1-2H3,(H,22,23). The van der Waals surface area contributed by atoms with Crippen molar-refractivity contribution in [1.82, 2.24) is 10.6 Å². The third-order valence-corrected chi connectivity index (χ3v) is 5.87. The minimum Gasteiger partial charge on any atom is -0.460 e. The zero-order chi connectivity index (χ0) is 18.0. The Kier molecular flexibility index (Phi) is 5.49. The van der Waals surface area contributed by atoms with Gasteiger partial charge in [-0.2, -0.15) is 0 Å². The normalized spacial score (nSPS) is 22.0. The van der Waals surface area contributed by atoms with Gasteiger partial charge >= 0.3 is 5.97 Å². The summed E-state index contributed by atoms with van der Waals surface area (Å²) in [5.74, 6) is -0.122. The highest BCUT2D eigenvalue weighted by atomic mass is 79.9. The number of benzene rings is 1. The van der Waals surface area contributed by atoms with Crippen molar-refractivity contribution in [2.75, 3.05) is 19.6 Å². The largest absolute Gasteiger partial charge is 0.460 e. The fourth-order valence-corrected chi connectivity index (χ4v) is 4.62. The average Bonchev–Trinajstić information content (AvgIpc) is 2.85. The van der Waals surface area contributed by atoms with Crippen LogP contribution in [0.5, 0.6) is 0 Å². The van der Waals surface area contributed by atoms with Crippen molar-refractivity contribution in [1.29, 1.82) is 0 Å². The second-order valence-electron chi connectivity index (χ2n) is 7.26. The van der Waals surface area contributed by atoms with Crippen molar-refractivity contribution < 1.29 is 14.3 Å². The van der Waals surface area contributed by atoms with Crippen LogP contribution in [0, 0.1) is 19.3 Å². The summed E-state index contributed by atoms with van der Waals surface area (Å²) in [7, 11) is 0. The van der Waals surface area contributed by atoms with Gasteiger partial charge in [0, 0.05) is 10.9 Å². The summed E-state index contributed by atoms with van der Waals surface area (Å²) < 4.78 is 6.56. The first-order valence-corrected chi connectivity index (χ1v) is 9.63. The van der Waals surface area contributed by atoms with Gasteiger partial charge in [0.2, 0.25) is 5.91 Å². The van der Waals surface area contributed by atoms with Crippen molar-refractivity contribution in [3.05, 3.63) is 33.3 Å². The van der Waals surface area contributed by atoms with E-state index in [9.17, 15) is 9.59 Å². The summed E-state index contributed by atoms with van der Waals surface area (Å²) in [6, 6.07) is 4.05. The Morgan fingerprint density at radius 1 is 1.32 bits per heavy atom. The molecule has 0 aliphatic carbocycles. The molecule has 1 unspecified atom stereocenters. The lowest BCUT2D eigenvalue weighted by atomic mass is 9.76. The van der Waals surface area contributed by atoms with Gasteiger partial charge in [0.05, 0.1) is 18.4 Å². The number of hydrogen-bond acceptors (Lipinski definition) is 4. The highest BCUT2D eigenvalue weighted by Gasteiger charge is 2.49. The molecule has 2 aliphatic heterocycles. The summed E-state index contributed by atoms with van der Waals surface area (Å²) in [5.41, 5.74) is 2.92. The van der Waals surface area contributed by atoms with Crippen molar-refractivity contribution in [3.8, 4) is 0 Å². The van der Waals surface area contributed by atoms with Crippen LogP contribution in [0.2, 0.25) is 0 Å². The minimum absolute atomic E-state index is 0.0316. The molecule has 1 spiro atoms. The van der Waals surface area contributed by atoms with Crippen molar-refractivity contribution in [3.63, 3.8) is 0 Å². The van der Waals surface area contributed by atoms with Crippen molar-refractivity contribution in [2.24, 2.45) is 5.41 Å².